The molecule has 0 spiro atoms. The molecular formula is C9H12N6O2S. The van der Waals surface area contributed by atoms with Crippen LogP contribution in [0.3, 0.4) is 0 Å². The quantitative estimate of drug-likeness (QED) is 0.687. The molecule has 0 saturated carbocycles. The van der Waals surface area contributed by atoms with Crippen LogP contribution < -0.4 is 10.0 Å². The maximum Gasteiger partial charge on any atom is 0.280 e. The molecule has 0 atom stereocenters. The van der Waals surface area contributed by atoms with Gasteiger partial charge in [-0.05, 0) is 19.2 Å². The van der Waals surface area contributed by atoms with Gasteiger partial charge in [-0.15, -0.1) is 5.10 Å². The van der Waals surface area contributed by atoms with Crippen molar-refractivity contribution in [1.29, 1.82) is 0 Å². The normalized spacial score (nSPS) is 11.4. The lowest BCUT2D eigenvalue weighted by Gasteiger charge is -2.06. The highest BCUT2D eigenvalue weighted by molar-refractivity contribution is 7.92. The van der Waals surface area contributed by atoms with Crippen LogP contribution in [-0.2, 0) is 16.6 Å². The Balaban J connectivity index is 2.28. The van der Waals surface area contributed by atoms with Crippen molar-refractivity contribution in [3.8, 4) is 0 Å². The van der Waals surface area contributed by atoms with E-state index >= 15 is 0 Å². The van der Waals surface area contributed by atoms with E-state index in [0.717, 1.165) is 0 Å². The molecule has 2 heterocycles. The molecule has 0 aliphatic rings. The summed E-state index contributed by atoms with van der Waals surface area (Å²) in [5, 5.41) is 16.3. The average molecular weight is 268 g/mol. The molecule has 0 bridgehead atoms. The summed E-state index contributed by atoms with van der Waals surface area (Å²) in [6.45, 7) is 0.396. The number of H-pyrrole nitrogens is 1. The van der Waals surface area contributed by atoms with Gasteiger partial charge in [-0.1, -0.05) is 0 Å². The molecule has 0 saturated heterocycles. The third-order valence-electron chi connectivity index (χ3n) is 2.13. The molecule has 0 aromatic carbocycles. The van der Waals surface area contributed by atoms with E-state index in [1.807, 2.05) is 0 Å². The standard InChI is InChI=1S/C9H12N6O2S/c1-10-5-7-6-12-14-9(7)18(16,17)15-8-3-2-4-11-13-8/h2-4,6,10H,5H2,1H3,(H,12,14)(H,13,15). The Kier molecular flexibility index (Phi) is 3.53. The summed E-state index contributed by atoms with van der Waals surface area (Å²) in [6.07, 6.45) is 2.92. The van der Waals surface area contributed by atoms with Crippen LogP contribution in [0.25, 0.3) is 0 Å². The fourth-order valence-electron chi connectivity index (χ4n) is 1.39. The fraction of sp³-hybridized carbons (Fsp3) is 0.222. The van der Waals surface area contributed by atoms with Crippen LogP contribution in [0, 0.1) is 0 Å². The Hall–Kier alpha value is -2.00. The first-order chi connectivity index (χ1) is 8.63. The third kappa shape index (κ3) is 2.63. The highest BCUT2D eigenvalue weighted by atomic mass is 32.2. The van der Waals surface area contributed by atoms with Crippen molar-refractivity contribution in [2.24, 2.45) is 0 Å². The highest BCUT2D eigenvalue weighted by Crippen LogP contribution is 2.15. The first-order valence-corrected chi connectivity index (χ1v) is 6.59. The molecule has 0 fully saturated rings. The molecule has 2 rings (SSSR count). The van der Waals surface area contributed by atoms with Gasteiger partial charge in [-0.25, -0.2) is 0 Å². The molecule has 2 aromatic heterocycles. The predicted molar refractivity (Wildman–Crippen MR) is 64.2 cm³/mol. The number of aromatic nitrogens is 4. The number of hydrogen-bond acceptors (Lipinski definition) is 6. The number of sulfonamides is 1. The van der Waals surface area contributed by atoms with Crippen molar-refractivity contribution >= 4 is 15.8 Å². The number of anilines is 1. The average Bonchev–Trinajstić information content (AvgIpc) is 2.79. The second kappa shape index (κ2) is 5.10. The minimum absolute atomic E-state index is 0.0162. The Bertz CT molecular complexity index is 609. The zero-order valence-corrected chi connectivity index (χ0v) is 10.4. The summed E-state index contributed by atoms with van der Waals surface area (Å²) >= 11 is 0. The van der Waals surface area contributed by atoms with Crippen LogP contribution >= 0.6 is 0 Å². The molecule has 0 radical (unpaired) electrons. The van der Waals surface area contributed by atoms with Gasteiger partial charge in [0.1, 0.15) is 0 Å². The molecule has 8 nitrogen and oxygen atoms in total. The van der Waals surface area contributed by atoms with Gasteiger partial charge in [-0.2, -0.15) is 18.6 Å². The van der Waals surface area contributed by atoms with Crippen LogP contribution in [-0.4, -0.2) is 35.9 Å². The highest BCUT2D eigenvalue weighted by Gasteiger charge is 2.21. The van der Waals surface area contributed by atoms with Crippen LogP contribution in [0.15, 0.2) is 29.6 Å². The van der Waals surface area contributed by atoms with Gasteiger partial charge in [0.05, 0.1) is 6.20 Å². The van der Waals surface area contributed by atoms with Crippen LogP contribution in [0.1, 0.15) is 5.56 Å². The lowest BCUT2D eigenvalue weighted by Crippen LogP contribution is -2.17. The molecular weight excluding hydrogens is 256 g/mol. The Morgan fingerprint density at radius 2 is 2.28 bits per heavy atom. The third-order valence-corrected chi connectivity index (χ3v) is 3.49. The molecule has 2 aromatic rings. The Morgan fingerprint density at radius 1 is 1.44 bits per heavy atom. The van der Waals surface area contributed by atoms with E-state index in [1.54, 1.807) is 13.1 Å². The smallest absolute Gasteiger partial charge is 0.280 e. The lowest BCUT2D eigenvalue weighted by molar-refractivity contribution is 0.594. The Morgan fingerprint density at radius 3 is 2.94 bits per heavy atom. The molecule has 9 heteroatoms. The second-order valence-electron chi connectivity index (χ2n) is 3.47. The Labute approximate surface area is 104 Å². The zero-order chi connectivity index (χ0) is 13.0. The van der Waals surface area contributed by atoms with E-state index < -0.39 is 10.0 Å². The maximum atomic E-state index is 12.1. The van der Waals surface area contributed by atoms with E-state index in [0.29, 0.717) is 12.1 Å². The van der Waals surface area contributed by atoms with E-state index in [1.165, 1.54) is 18.5 Å². The van der Waals surface area contributed by atoms with Gasteiger partial charge >= 0.3 is 0 Å². The van der Waals surface area contributed by atoms with Gasteiger partial charge in [0, 0.05) is 18.3 Å². The van der Waals surface area contributed by atoms with Gasteiger partial charge in [0.2, 0.25) is 0 Å². The summed E-state index contributed by atoms with van der Waals surface area (Å²) in [7, 11) is -2.01. The van der Waals surface area contributed by atoms with E-state index in [-0.39, 0.29) is 10.8 Å². The van der Waals surface area contributed by atoms with Crippen LogP contribution in [0.2, 0.25) is 0 Å². The number of nitrogens with zero attached hydrogens (tertiary/aromatic N) is 3. The summed E-state index contributed by atoms with van der Waals surface area (Å²) in [6, 6.07) is 3.10. The van der Waals surface area contributed by atoms with Gasteiger partial charge < -0.3 is 5.32 Å². The van der Waals surface area contributed by atoms with E-state index in [9.17, 15) is 8.42 Å². The number of aromatic amines is 1. The summed E-state index contributed by atoms with van der Waals surface area (Å²) < 4.78 is 26.5. The van der Waals surface area contributed by atoms with Crippen molar-refractivity contribution in [2.45, 2.75) is 11.6 Å². The predicted octanol–water partition coefficient (Wildman–Crippen LogP) is -0.280. The van der Waals surface area contributed by atoms with Gasteiger partial charge in [0.15, 0.2) is 10.8 Å². The molecule has 96 valence electrons. The largest absolute Gasteiger partial charge is 0.316 e. The van der Waals surface area contributed by atoms with Crippen molar-refractivity contribution in [3.05, 3.63) is 30.1 Å². The van der Waals surface area contributed by atoms with Gasteiger partial charge in [-0.3, -0.25) is 9.82 Å². The van der Waals surface area contributed by atoms with Crippen molar-refractivity contribution < 1.29 is 8.42 Å². The number of rotatable bonds is 5. The van der Waals surface area contributed by atoms with Crippen molar-refractivity contribution in [1.82, 2.24) is 25.7 Å². The van der Waals surface area contributed by atoms with Gasteiger partial charge in [0.25, 0.3) is 10.0 Å². The minimum Gasteiger partial charge on any atom is -0.316 e. The fourth-order valence-corrected chi connectivity index (χ4v) is 2.52. The first-order valence-electron chi connectivity index (χ1n) is 5.11. The zero-order valence-electron chi connectivity index (χ0n) is 9.58. The molecule has 18 heavy (non-hydrogen) atoms. The number of nitrogens with one attached hydrogen (secondary N) is 3. The van der Waals surface area contributed by atoms with Crippen LogP contribution in [0.4, 0.5) is 5.82 Å². The molecule has 0 aliphatic carbocycles. The first kappa shape index (κ1) is 12.5. The molecule has 0 unspecified atom stereocenters. The summed E-state index contributed by atoms with van der Waals surface area (Å²) in [5.41, 5.74) is 0.550. The lowest BCUT2D eigenvalue weighted by atomic mass is 10.4. The molecule has 3 N–H and O–H groups in total. The minimum atomic E-state index is -3.73. The summed E-state index contributed by atoms with van der Waals surface area (Å²) in [5.74, 6) is 0.155. The van der Waals surface area contributed by atoms with Crippen LogP contribution in [0.5, 0.6) is 0 Å². The maximum absolute atomic E-state index is 12.1. The van der Waals surface area contributed by atoms with Crippen molar-refractivity contribution in [2.75, 3.05) is 11.8 Å². The monoisotopic (exact) mass is 268 g/mol. The molecule has 0 aliphatic heterocycles. The number of hydrogen-bond donors (Lipinski definition) is 3. The summed E-state index contributed by atoms with van der Waals surface area (Å²) in [4.78, 5) is 0. The SMILES string of the molecule is CNCc1cn[nH]c1S(=O)(=O)Nc1cccnn1. The van der Waals surface area contributed by atoms with E-state index in [4.69, 9.17) is 0 Å². The second-order valence-corrected chi connectivity index (χ2v) is 5.09. The molecule has 0 amide bonds. The topological polar surface area (TPSA) is 113 Å². The van der Waals surface area contributed by atoms with E-state index in [2.05, 4.69) is 30.4 Å². The van der Waals surface area contributed by atoms with Crippen molar-refractivity contribution in [3.63, 3.8) is 0 Å².